The number of nitrogens with one attached hydrogen (secondary N) is 1. The molecule has 2 aromatic heterocycles. The van der Waals surface area contributed by atoms with Crippen molar-refractivity contribution in [3.05, 3.63) is 53.0 Å². The number of rotatable bonds is 5. The van der Waals surface area contributed by atoms with Gasteiger partial charge in [-0.3, -0.25) is 9.78 Å². The van der Waals surface area contributed by atoms with Gasteiger partial charge in [0.1, 0.15) is 0 Å². The van der Waals surface area contributed by atoms with Gasteiger partial charge >= 0.3 is 6.18 Å². The van der Waals surface area contributed by atoms with E-state index < -0.39 is 12.8 Å². The largest absolute Gasteiger partial charge is 0.468 e. The van der Waals surface area contributed by atoms with Crippen molar-refractivity contribution in [2.75, 3.05) is 6.61 Å². The molecule has 2 aromatic rings. The summed E-state index contributed by atoms with van der Waals surface area (Å²) in [5.41, 5.74) is 7.93. The molecule has 0 aliphatic rings. The van der Waals surface area contributed by atoms with Crippen molar-refractivity contribution < 1.29 is 22.7 Å². The summed E-state index contributed by atoms with van der Waals surface area (Å²) in [6.07, 6.45) is -1.48. The molecule has 9 heteroatoms. The van der Waals surface area contributed by atoms with Crippen LogP contribution in [0.15, 0.2) is 30.6 Å². The summed E-state index contributed by atoms with van der Waals surface area (Å²) in [5, 5.41) is 2.73. The van der Waals surface area contributed by atoms with Gasteiger partial charge in [0.05, 0.1) is 0 Å². The molecule has 1 amide bonds. The van der Waals surface area contributed by atoms with Crippen LogP contribution in [-0.2, 0) is 6.54 Å². The van der Waals surface area contributed by atoms with Crippen LogP contribution in [0, 0.1) is 13.8 Å². The average molecular weight is 412 g/mol. The first-order chi connectivity index (χ1) is 13.2. The van der Waals surface area contributed by atoms with E-state index in [0.717, 1.165) is 5.69 Å². The Morgan fingerprint density at radius 2 is 1.79 bits per heavy atom. The van der Waals surface area contributed by atoms with E-state index in [-0.39, 0.29) is 23.9 Å². The number of carbonyl (C=O) groups is 1. The minimum Gasteiger partial charge on any atom is -0.468 e. The van der Waals surface area contributed by atoms with Crippen LogP contribution in [0.1, 0.15) is 48.0 Å². The van der Waals surface area contributed by atoms with Crippen molar-refractivity contribution in [2.45, 2.75) is 52.9 Å². The molecule has 0 radical (unpaired) electrons. The summed E-state index contributed by atoms with van der Waals surface area (Å²) in [5.74, 6) is -0.373. The van der Waals surface area contributed by atoms with Gasteiger partial charge in [0.2, 0.25) is 5.88 Å². The number of ether oxygens (including phenoxy) is 1. The third-order valence-electron chi connectivity index (χ3n) is 3.18. The summed E-state index contributed by atoms with van der Waals surface area (Å²) in [6.45, 7) is 8.20. The zero-order valence-corrected chi connectivity index (χ0v) is 17.2. The van der Waals surface area contributed by atoms with Gasteiger partial charge in [-0.2, -0.15) is 13.2 Å². The second kappa shape index (κ2) is 10.2. The maximum atomic E-state index is 12.1. The minimum atomic E-state index is -4.41. The van der Waals surface area contributed by atoms with Gasteiger partial charge in [-0.15, -0.1) is 0 Å². The lowest BCUT2D eigenvalue weighted by Gasteiger charge is -2.11. The Balaban J connectivity index is 0.000000749. The third kappa shape index (κ3) is 11.0. The van der Waals surface area contributed by atoms with Crippen molar-refractivity contribution in [1.82, 2.24) is 15.3 Å². The van der Waals surface area contributed by atoms with Crippen molar-refractivity contribution in [1.29, 1.82) is 0 Å². The highest BCUT2D eigenvalue weighted by Crippen LogP contribution is 2.19. The molecule has 0 spiro atoms. The van der Waals surface area contributed by atoms with Gasteiger partial charge < -0.3 is 15.8 Å². The highest BCUT2D eigenvalue weighted by atomic mass is 19.4. The number of hydrogen-bond donors (Lipinski definition) is 2. The molecule has 0 fully saturated rings. The summed E-state index contributed by atoms with van der Waals surface area (Å²) in [6, 6.07) is 4.67. The fourth-order valence-corrected chi connectivity index (χ4v) is 1.94. The van der Waals surface area contributed by atoms with Crippen molar-refractivity contribution in [2.24, 2.45) is 5.73 Å². The SMILES string of the molecule is CC(C)(C)N.Cc1cc(C(=O)NCc2cnc(OCC(F)(F)F)cc2C)ccn1. The highest BCUT2D eigenvalue weighted by Gasteiger charge is 2.28. The van der Waals surface area contributed by atoms with Crippen LogP contribution in [0.5, 0.6) is 5.88 Å². The summed E-state index contributed by atoms with van der Waals surface area (Å²) < 4.78 is 40.9. The fraction of sp³-hybridized carbons (Fsp3) is 0.450. The van der Waals surface area contributed by atoms with E-state index in [1.165, 1.54) is 12.3 Å². The zero-order chi connectivity index (χ0) is 22.2. The van der Waals surface area contributed by atoms with Crippen LogP contribution in [0.2, 0.25) is 0 Å². The minimum absolute atomic E-state index is 0. The first-order valence-electron chi connectivity index (χ1n) is 8.89. The molecule has 0 atom stereocenters. The van der Waals surface area contributed by atoms with Crippen LogP contribution < -0.4 is 15.8 Å². The monoisotopic (exact) mass is 412 g/mol. The quantitative estimate of drug-likeness (QED) is 0.781. The Labute approximate surface area is 168 Å². The lowest BCUT2D eigenvalue weighted by Crippen LogP contribution is -2.26. The van der Waals surface area contributed by atoms with E-state index in [1.54, 1.807) is 32.2 Å². The molecule has 0 saturated carbocycles. The van der Waals surface area contributed by atoms with E-state index in [2.05, 4.69) is 20.0 Å². The first-order valence-corrected chi connectivity index (χ1v) is 8.89. The summed E-state index contributed by atoms with van der Waals surface area (Å²) in [4.78, 5) is 19.9. The molecule has 2 rings (SSSR count). The Morgan fingerprint density at radius 1 is 1.17 bits per heavy atom. The molecule has 29 heavy (non-hydrogen) atoms. The van der Waals surface area contributed by atoms with E-state index in [0.29, 0.717) is 16.7 Å². The topological polar surface area (TPSA) is 90.1 Å². The molecule has 0 bridgehead atoms. The second-order valence-electron chi connectivity index (χ2n) is 7.59. The first kappa shape index (κ1) is 24.4. The lowest BCUT2D eigenvalue weighted by molar-refractivity contribution is -0.154. The molecule has 2 heterocycles. The van der Waals surface area contributed by atoms with Gasteiger partial charge in [0.15, 0.2) is 6.61 Å². The van der Waals surface area contributed by atoms with E-state index in [9.17, 15) is 18.0 Å². The molecular weight excluding hydrogens is 385 g/mol. The molecule has 3 N–H and O–H groups in total. The summed E-state index contributed by atoms with van der Waals surface area (Å²) in [7, 11) is 0. The standard InChI is InChI=1S/C16H16F3N3O2.C4H11N/c1-10-5-14(24-9-16(17,18)19)21-7-13(10)8-22-15(23)12-3-4-20-11(2)6-12;1-4(2,3)5/h3-7H,8-9H2,1-2H3,(H,22,23);5H2,1-3H3. The number of aromatic nitrogens is 2. The number of carbonyl (C=O) groups excluding carboxylic acids is 1. The van der Waals surface area contributed by atoms with E-state index in [1.807, 2.05) is 20.8 Å². The number of amides is 1. The number of halogens is 3. The van der Waals surface area contributed by atoms with Gasteiger partial charge in [0.25, 0.3) is 5.91 Å². The number of nitrogens with zero attached hydrogens (tertiary/aromatic N) is 2. The molecule has 0 saturated heterocycles. The van der Waals surface area contributed by atoms with Gasteiger partial charge in [0, 0.05) is 41.8 Å². The Hall–Kier alpha value is -2.68. The predicted molar refractivity (Wildman–Crippen MR) is 105 cm³/mol. The van der Waals surface area contributed by atoms with Crippen molar-refractivity contribution >= 4 is 5.91 Å². The maximum Gasteiger partial charge on any atom is 0.422 e. The van der Waals surface area contributed by atoms with Crippen LogP contribution in [-0.4, -0.2) is 34.2 Å². The van der Waals surface area contributed by atoms with Crippen molar-refractivity contribution in [3.63, 3.8) is 0 Å². The average Bonchev–Trinajstić information content (AvgIpc) is 2.57. The molecule has 0 unspecified atom stereocenters. The lowest BCUT2D eigenvalue weighted by atomic mass is 10.1. The number of hydrogen-bond acceptors (Lipinski definition) is 5. The van der Waals surface area contributed by atoms with Gasteiger partial charge in [-0.25, -0.2) is 4.98 Å². The number of alkyl halides is 3. The number of nitrogens with two attached hydrogens (primary N) is 1. The van der Waals surface area contributed by atoms with Crippen LogP contribution >= 0.6 is 0 Å². The molecule has 160 valence electrons. The molecule has 6 nitrogen and oxygen atoms in total. The second-order valence-corrected chi connectivity index (χ2v) is 7.59. The molecular formula is C20H27F3N4O2. The fourth-order valence-electron chi connectivity index (χ4n) is 1.94. The molecule has 0 aromatic carbocycles. The highest BCUT2D eigenvalue weighted by molar-refractivity contribution is 5.94. The Kier molecular flexibility index (Phi) is 8.57. The Morgan fingerprint density at radius 3 is 2.31 bits per heavy atom. The van der Waals surface area contributed by atoms with Crippen molar-refractivity contribution in [3.8, 4) is 5.88 Å². The van der Waals surface area contributed by atoms with Crippen LogP contribution in [0.4, 0.5) is 13.2 Å². The van der Waals surface area contributed by atoms with Gasteiger partial charge in [-0.05, 0) is 57.9 Å². The molecule has 0 aliphatic carbocycles. The van der Waals surface area contributed by atoms with E-state index in [4.69, 9.17) is 5.73 Å². The smallest absolute Gasteiger partial charge is 0.422 e. The predicted octanol–water partition coefficient (Wildman–Crippen LogP) is 3.71. The Bertz CT molecular complexity index is 812. The number of aryl methyl sites for hydroxylation is 2. The summed E-state index contributed by atoms with van der Waals surface area (Å²) >= 11 is 0. The van der Waals surface area contributed by atoms with E-state index >= 15 is 0 Å². The van der Waals surface area contributed by atoms with Crippen LogP contribution in [0.3, 0.4) is 0 Å². The van der Waals surface area contributed by atoms with Gasteiger partial charge in [-0.1, -0.05) is 0 Å². The maximum absolute atomic E-state index is 12.1. The third-order valence-corrected chi connectivity index (χ3v) is 3.18. The molecule has 0 aliphatic heterocycles. The normalized spacial score (nSPS) is 11.3. The zero-order valence-electron chi connectivity index (χ0n) is 17.2. The number of pyridine rings is 2. The van der Waals surface area contributed by atoms with Crippen LogP contribution in [0.25, 0.3) is 0 Å².